The number of thiocarbonyl (C=S) groups is 1. The average Bonchev–Trinajstić information content (AvgIpc) is 1.31. The zero-order valence-corrected chi connectivity index (χ0v) is 5.72. The molecule has 0 amide bonds. The van der Waals surface area contributed by atoms with Gasteiger partial charge in [0.1, 0.15) is 5.66 Å². The van der Waals surface area contributed by atoms with E-state index in [-0.39, 0.29) is 0 Å². The predicted octanol–water partition coefficient (Wildman–Crippen LogP) is -0.123. The van der Waals surface area contributed by atoms with Crippen molar-refractivity contribution in [1.82, 2.24) is 0 Å². The molecule has 0 aliphatic carbocycles. The van der Waals surface area contributed by atoms with Crippen LogP contribution in [0.25, 0.3) is 0 Å². The van der Waals surface area contributed by atoms with Gasteiger partial charge in [-0.2, -0.15) is 0 Å². The van der Waals surface area contributed by atoms with Crippen LogP contribution in [-0.4, -0.2) is 9.86 Å². The van der Waals surface area contributed by atoms with E-state index in [1.807, 2.05) is 0 Å². The summed E-state index contributed by atoms with van der Waals surface area (Å²) in [6.07, 6.45) is 0. The maximum atomic E-state index is 5.24. The summed E-state index contributed by atoms with van der Waals surface area (Å²) in [6, 6.07) is 0. The monoisotopic (exact) mass is 136 g/mol. The Morgan fingerprint density at radius 1 is 1.71 bits per heavy atom. The Morgan fingerprint density at radius 2 is 1.86 bits per heavy atom. The second-order valence-corrected chi connectivity index (χ2v) is 2.75. The minimum absolute atomic E-state index is 0.326. The third kappa shape index (κ3) is 2.99. The van der Waals surface area contributed by atoms with E-state index in [1.54, 1.807) is 6.92 Å². The molecule has 4 N–H and O–H groups in total. The van der Waals surface area contributed by atoms with Crippen molar-refractivity contribution in [1.29, 1.82) is 0 Å². The SMILES string of the molecule is CC(N)(N)C(=S)S. The summed E-state index contributed by atoms with van der Waals surface area (Å²) in [6.45, 7) is 1.60. The van der Waals surface area contributed by atoms with Gasteiger partial charge in [-0.3, -0.25) is 0 Å². The van der Waals surface area contributed by atoms with E-state index in [0.717, 1.165) is 0 Å². The van der Waals surface area contributed by atoms with Crippen molar-refractivity contribution in [2.45, 2.75) is 12.6 Å². The fraction of sp³-hybridized carbons (Fsp3) is 0.667. The molecule has 0 fully saturated rings. The maximum Gasteiger partial charge on any atom is 0.103 e. The van der Waals surface area contributed by atoms with Crippen LogP contribution >= 0.6 is 24.8 Å². The molecular weight excluding hydrogens is 128 g/mol. The summed E-state index contributed by atoms with van der Waals surface area (Å²) in [4.78, 5) is 0. The smallest absolute Gasteiger partial charge is 0.103 e. The highest BCUT2D eigenvalue weighted by atomic mass is 32.1. The number of rotatable bonds is 1. The molecular formula is C3H8N2S2. The van der Waals surface area contributed by atoms with Gasteiger partial charge in [0.05, 0.1) is 4.20 Å². The summed E-state index contributed by atoms with van der Waals surface area (Å²) >= 11 is 8.31. The first-order valence-electron chi connectivity index (χ1n) is 1.76. The third-order valence-corrected chi connectivity index (χ3v) is 1.38. The second-order valence-electron chi connectivity index (χ2n) is 1.59. The fourth-order valence-corrected chi connectivity index (χ4v) is 0. The molecule has 2 nitrogen and oxygen atoms in total. The van der Waals surface area contributed by atoms with Crippen molar-refractivity contribution >= 4 is 29.0 Å². The van der Waals surface area contributed by atoms with Gasteiger partial charge in [-0.15, -0.1) is 12.6 Å². The van der Waals surface area contributed by atoms with Crippen LogP contribution < -0.4 is 11.5 Å². The topological polar surface area (TPSA) is 52.0 Å². The molecule has 0 aromatic rings. The molecule has 0 saturated heterocycles. The van der Waals surface area contributed by atoms with Crippen molar-refractivity contribution in [2.75, 3.05) is 0 Å². The molecule has 7 heavy (non-hydrogen) atoms. The first-order chi connectivity index (χ1) is 2.94. The van der Waals surface area contributed by atoms with Crippen LogP contribution in [0, 0.1) is 0 Å². The molecule has 0 unspecified atom stereocenters. The molecule has 0 rings (SSSR count). The Hall–Kier alpha value is 0.360. The Kier molecular flexibility index (Phi) is 2.19. The Balaban J connectivity index is 3.79. The normalized spacial score (nSPS) is 11.4. The van der Waals surface area contributed by atoms with E-state index in [9.17, 15) is 0 Å². The first-order valence-corrected chi connectivity index (χ1v) is 2.61. The van der Waals surface area contributed by atoms with Crippen molar-refractivity contribution in [3.05, 3.63) is 0 Å². The maximum absolute atomic E-state index is 5.24. The molecule has 0 aliphatic heterocycles. The highest BCUT2D eigenvalue weighted by Crippen LogP contribution is 1.95. The number of hydrogen-bond donors (Lipinski definition) is 3. The first kappa shape index (κ1) is 7.36. The van der Waals surface area contributed by atoms with Gasteiger partial charge in [0.15, 0.2) is 0 Å². The van der Waals surface area contributed by atoms with Gasteiger partial charge in [0.25, 0.3) is 0 Å². The molecule has 0 aliphatic rings. The van der Waals surface area contributed by atoms with Crippen molar-refractivity contribution in [2.24, 2.45) is 11.5 Å². The molecule has 0 heterocycles. The molecule has 0 atom stereocenters. The highest BCUT2D eigenvalue weighted by molar-refractivity contribution is 8.11. The molecule has 0 saturated carbocycles. The molecule has 0 spiro atoms. The minimum atomic E-state index is -0.904. The summed E-state index contributed by atoms with van der Waals surface area (Å²) in [5.41, 5.74) is 9.57. The standard InChI is InChI=1S/C3H8N2S2/c1-3(4,5)2(6)7/h4-5H2,1H3,(H,6,7). The van der Waals surface area contributed by atoms with Crippen LogP contribution in [0.1, 0.15) is 6.92 Å². The van der Waals surface area contributed by atoms with Gasteiger partial charge in [-0.1, -0.05) is 12.2 Å². The summed E-state index contributed by atoms with van der Waals surface area (Å²) < 4.78 is 0.326. The highest BCUT2D eigenvalue weighted by Gasteiger charge is 2.12. The quantitative estimate of drug-likeness (QED) is 0.267. The van der Waals surface area contributed by atoms with Crippen LogP contribution in [0.15, 0.2) is 0 Å². The third-order valence-electron chi connectivity index (χ3n) is 0.461. The van der Waals surface area contributed by atoms with E-state index >= 15 is 0 Å². The van der Waals surface area contributed by atoms with Gasteiger partial charge in [-0.25, -0.2) is 0 Å². The van der Waals surface area contributed by atoms with E-state index in [0.29, 0.717) is 4.20 Å². The van der Waals surface area contributed by atoms with Gasteiger partial charge < -0.3 is 11.5 Å². The van der Waals surface area contributed by atoms with Crippen LogP contribution in [-0.2, 0) is 0 Å². The van der Waals surface area contributed by atoms with E-state index in [1.165, 1.54) is 0 Å². The second kappa shape index (κ2) is 2.09. The van der Waals surface area contributed by atoms with E-state index in [2.05, 4.69) is 24.8 Å². The minimum Gasteiger partial charge on any atom is -0.309 e. The summed E-state index contributed by atoms with van der Waals surface area (Å²) in [7, 11) is 0. The predicted molar refractivity (Wildman–Crippen MR) is 38.4 cm³/mol. The molecule has 0 aromatic carbocycles. The Bertz CT molecular complexity index is 83.4. The van der Waals surface area contributed by atoms with Crippen molar-refractivity contribution < 1.29 is 0 Å². The van der Waals surface area contributed by atoms with Crippen LogP contribution in [0.5, 0.6) is 0 Å². The van der Waals surface area contributed by atoms with Gasteiger partial charge >= 0.3 is 0 Å². The van der Waals surface area contributed by atoms with Crippen molar-refractivity contribution in [3.8, 4) is 0 Å². The average molecular weight is 136 g/mol. The van der Waals surface area contributed by atoms with E-state index in [4.69, 9.17) is 11.5 Å². The molecule has 4 heteroatoms. The number of nitrogens with two attached hydrogens (primary N) is 2. The van der Waals surface area contributed by atoms with Gasteiger partial charge in [0.2, 0.25) is 0 Å². The lowest BCUT2D eigenvalue weighted by Crippen LogP contribution is -2.50. The fourth-order valence-electron chi connectivity index (χ4n) is 0. The summed E-state index contributed by atoms with van der Waals surface area (Å²) in [5, 5.41) is 0. The largest absolute Gasteiger partial charge is 0.309 e. The lowest BCUT2D eigenvalue weighted by molar-refractivity contribution is 0.679. The van der Waals surface area contributed by atoms with E-state index < -0.39 is 5.66 Å². The van der Waals surface area contributed by atoms with Crippen LogP contribution in [0.2, 0.25) is 0 Å². The Labute approximate surface area is 53.7 Å². The van der Waals surface area contributed by atoms with Gasteiger partial charge in [0, 0.05) is 0 Å². The van der Waals surface area contributed by atoms with Gasteiger partial charge in [-0.05, 0) is 6.92 Å². The van der Waals surface area contributed by atoms with Crippen LogP contribution in [0.3, 0.4) is 0 Å². The number of hydrogen-bond acceptors (Lipinski definition) is 3. The Morgan fingerprint density at radius 3 is 1.86 bits per heavy atom. The zero-order valence-electron chi connectivity index (χ0n) is 4.01. The lowest BCUT2D eigenvalue weighted by Gasteiger charge is -2.14. The molecule has 0 bridgehead atoms. The molecule has 0 aromatic heterocycles. The van der Waals surface area contributed by atoms with Crippen molar-refractivity contribution in [3.63, 3.8) is 0 Å². The zero-order chi connectivity index (χ0) is 6.08. The summed E-state index contributed by atoms with van der Waals surface area (Å²) in [5.74, 6) is 0. The lowest BCUT2D eigenvalue weighted by atomic mass is 10.3. The van der Waals surface area contributed by atoms with Crippen LogP contribution in [0.4, 0.5) is 0 Å². The molecule has 42 valence electrons. The number of thiol groups is 1. The molecule has 0 radical (unpaired) electrons.